The number of amides is 1. The first-order valence-corrected chi connectivity index (χ1v) is 8.80. The molecule has 1 aliphatic rings. The molecule has 1 aliphatic heterocycles. The lowest BCUT2D eigenvalue weighted by Crippen LogP contribution is -2.49. The molecule has 2 heterocycles. The quantitative estimate of drug-likeness (QED) is 0.818. The maximum Gasteiger partial charge on any atom is 0.257 e. The van der Waals surface area contributed by atoms with Crippen molar-refractivity contribution in [2.45, 2.75) is 20.0 Å². The molecule has 3 rings (SSSR count). The number of hydrogen-bond acceptors (Lipinski definition) is 5. The zero-order chi connectivity index (χ0) is 18.7. The normalized spacial score (nSPS) is 14.7. The van der Waals surface area contributed by atoms with Gasteiger partial charge in [0.2, 0.25) is 0 Å². The van der Waals surface area contributed by atoms with Crippen LogP contribution in [0, 0.1) is 5.82 Å². The van der Waals surface area contributed by atoms with E-state index in [2.05, 4.69) is 9.97 Å². The topological polar surface area (TPSA) is 58.6 Å². The molecule has 1 saturated heterocycles. The summed E-state index contributed by atoms with van der Waals surface area (Å²) < 4.78 is 19.7. The highest BCUT2D eigenvalue weighted by Gasteiger charge is 2.26. The monoisotopic (exact) mass is 378 g/mol. The van der Waals surface area contributed by atoms with Crippen LogP contribution >= 0.6 is 11.6 Å². The van der Waals surface area contributed by atoms with E-state index in [0.29, 0.717) is 37.9 Å². The van der Waals surface area contributed by atoms with Crippen molar-refractivity contribution in [2.24, 2.45) is 0 Å². The van der Waals surface area contributed by atoms with Gasteiger partial charge in [-0.3, -0.25) is 4.79 Å². The van der Waals surface area contributed by atoms with Gasteiger partial charge in [0.1, 0.15) is 5.82 Å². The highest BCUT2D eigenvalue weighted by atomic mass is 35.5. The van der Waals surface area contributed by atoms with Crippen molar-refractivity contribution in [1.82, 2.24) is 14.9 Å². The summed E-state index contributed by atoms with van der Waals surface area (Å²) in [7, 11) is 0. The number of carbonyl (C=O) groups is 1. The Kier molecular flexibility index (Phi) is 5.56. The molecule has 0 radical (unpaired) electrons. The summed E-state index contributed by atoms with van der Waals surface area (Å²) >= 11 is 5.75. The van der Waals surface area contributed by atoms with Crippen molar-refractivity contribution in [3.8, 4) is 5.88 Å². The molecule has 0 aliphatic carbocycles. The summed E-state index contributed by atoms with van der Waals surface area (Å²) in [5, 5.41) is 0.268. The molecule has 138 valence electrons. The highest BCUT2D eigenvalue weighted by molar-refractivity contribution is 6.30. The van der Waals surface area contributed by atoms with E-state index in [1.807, 2.05) is 18.7 Å². The molecule has 1 amide bonds. The Balaban J connectivity index is 1.69. The Morgan fingerprint density at radius 3 is 2.54 bits per heavy atom. The summed E-state index contributed by atoms with van der Waals surface area (Å²) in [4.78, 5) is 24.8. The van der Waals surface area contributed by atoms with Crippen LogP contribution in [0.25, 0.3) is 0 Å². The molecule has 6 nitrogen and oxygen atoms in total. The molecule has 0 saturated carbocycles. The number of ether oxygens (including phenoxy) is 1. The number of hydrogen-bond donors (Lipinski definition) is 0. The van der Waals surface area contributed by atoms with Gasteiger partial charge >= 0.3 is 0 Å². The lowest BCUT2D eigenvalue weighted by atomic mass is 10.1. The number of aromatic nitrogens is 2. The molecule has 26 heavy (non-hydrogen) atoms. The fourth-order valence-corrected chi connectivity index (χ4v) is 2.95. The molecular weight excluding hydrogens is 359 g/mol. The molecular formula is C18H20ClFN4O2. The van der Waals surface area contributed by atoms with Gasteiger partial charge < -0.3 is 14.5 Å². The van der Waals surface area contributed by atoms with Gasteiger partial charge in [-0.15, -0.1) is 0 Å². The van der Waals surface area contributed by atoms with E-state index in [-0.39, 0.29) is 22.6 Å². The van der Waals surface area contributed by atoms with E-state index >= 15 is 0 Å². The minimum atomic E-state index is -0.605. The van der Waals surface area contributed by atoms with Crippen LogP contribution in [-0.2, 0) is 0 Å². The van der Waals surface area contributed by atoms with Crippen LogP contribution in [0.4, 0.5) is 10.2 Å². The number of piperazine rings is 1. The van der Waals surface area contributed by atoms with Crippen LogP contribution in [0.3, 0.4) is 0 Å². The fraction of sp³-hybridized carbons (Fsp3) is 0.389. The van der Waals surface area contributed by atoms with Crippen LogP contribution in [0.15, 0.2) is 30.6 Å². The Morgan fingerprint density at radius 1 is 1.19 bits per heavy atom. The third-order valence-electron chi connectivity index (χ3n) is 4.02. The first-order chi connectivity index (χ1) is 12.5. The van der Waals surface area contributed by atoms with Crippen LogP contribution in [0.1, 0.15) is 24.2 Å². The van der Waals surface area contributed by atoms with E-state index in [4.69, 9.17) is 16.3 Å². The van der Waals surface area contributed by atoms with Gasteiger partial charge in [-0.2, -0.15) is 0 Å². The van der Waals surface area contributed by atoms with Crippen LogP contribution in [-0.4, -0.2) is 53.1 Å². The Hall–Kier alpha value is -2.41. The minimum Gasteiger partial charge on any atom is -0.472 e. The van der Waals surface area contributed by atoms with Gasteiger partial charge in [0.05, 0.1) is 11.7 Å². The first-order valence-electron chi connectivity index (χ1n) is 8.42. The Morgan fingerprint density at radius 2 is 1.88 bits per heavy atom. The largest absolute Gasteiger partial charge is 0.472 e. The smallest absolute Gasteiger partial charge is 0.257 e. The van der Waals surface area contributed by atoms with Crippen molar-refractivity contribution < 1.29 is 13.9 Å². The molecule has 1 aromatic carbocycles. The van der Waals surface area contributed by atoms with Gasteiger partial charge in [-0.05, 0) is 32.0 Å². The SMILES string of the molecule is CC(C)Oc1nccnc1N1CCN(C(=O)c2ccc(Cl)cc2F)CC1. The van der Waals surface area contributed by atoms with Crippen molar-refractivity contribution in [1.29, 1.82) is 0 Å². The molecule has 0 N–H and O–H groups in total. The average Bonchev–Trinajstić information content (AvgIpc) is 2.61. The molecule has 0 bridgehead atoms. The van der Waals surface area contributed by atoms with Crippen molar-refractivity contribution >= 4 is 23.3 Å². The lowest BCUT2D eigenvalue weighted by Gasteiger charge is -2.35. The lowest BCUT2D eigenvalue weighted by molar-refractivity contribution is 0.0741. The highest BCUT2D eigenvalue weighted by Crippen LogP contribution is 2.25. The van der Waals surface area contributed by atoms with Gasteiger partial charge in [0.15, 0.2) is 5.82 Å². The second kappa shape index (κ2) is 7.86. The third kappa shape index (κ3) is 4.04. The summed E-state index contributed by atoms with van der Waals surface area (Å²) in [6.07, 6.45) is 3.19. The van der Waals surface area contributed by atoms with Gasteiger partial charge in [0, 0.05) is 43.6 Å². The number of rotatable bonds is 4. The van der Waals surface area contributed by atoms with Crippen molar-refractivity contribution in [3.63, 3.8) is 0 Å². The van der Waals surface area contributed by atoms with E-state index in [9.17, 15) is 9.18 Å². The van der Waals surface area contributed by atoms with Crippen molar-refractivity contribution in [2.75, 3.05) is 31.1 Å². The Labute approximate surface area is 156 Å². The second-order valence-electron chi connectivity index (χ2n) is 6.26. The summed E-state index contributed by atoms with van der Waals surface area (Å²) in [5.41, 5.74) is 0.0335. The standard InChI is InChI=1S/C18H20ClFN4O2/c1-12(2)26-17-16(21-5-6-22-17)23-7-9-24(10-8-23)18(25)14-4-3-13(19)11-15(14)20/h3-6,11-12H,7-10H2,1-2H3. The van der Waals surface area contributed by atoms with E-state index in [1.165, 1.54) is 12.1 Å². The molecule has 1 aromatic heterocycles. The summed E-state index contributed by atoms with van der Waals surface area (Å²) in [6.45, 7) is 5.89. The average molecular weight is 379 g/mol. The minimum absolute atomic E-state index is 0.0128. The number of carbonyl (C=O) groups excluding carboxylic acids is 1. The molecule has 0 unspecified atom stereocenters. The van der Waals surface area contributed by atoms with Crippen LogP contribution < -0.4 is 9.64 Å². The van der Waals surface area contributed by atoms with Gasteiger partial charge in [-0.1, -0.05) is 11.6 Å². The molecule has 0 spiro atoms. The number of anilines is 1. The van der Waals surface area contributed by atoms with E-state index < -0.39 is 5.82 Å². The maximum atomic E-state index is 14.0. The number of benzene rings is 1. The van der Waals surface area contributed by atoms with E-state index in [0.717, 1.165) is 6.07 Å². The second-order valence-corrected chi connectivity index (χ2v) is 6.69. The summed E-state index contributed by atoms with van der Waals surface area (Å²) in [5.74, 6) is 0.195. The third-order valence-corrected chi connectivity index (χ3v) is 4.26. The predicted molar refractivity (Wildman–Crippen MR) is 97.3 cm³/mol. The zero-order valence-electron chi connectivity index (χ0n) is 14.7. The van der Waals surface area contributed by atoms with Crippen molar-refractivity contribution in [3.05, 3.63) is 47.0 Å². The zero-order valence-corrected chi connectivity index (χ0v) is 15.4. The van der Waals surface area contributed by atoms with Crippen LogP contribution in [0.5, 0.6) is 5.88 Å². The van der Waals surface area contributed by atoms with Gasteiger partial charge in [-0.25, -0.2) is 14.4 Å². The Bertz CT molecular complexity index is 795. The number of nitrogens with zero attached hydrogens (tertiary/aromatic N) is 4. The van der Waals surface area contributed by atoms with Crippen LogP contribution in [0.2, 0.25) is 5.02 Å². The predicted octanol–water partition coefficient (Wildman–Crippen LogP) is 3.02. The summed E-state index contributed by atoms with van der Waals surface area (Å²) in [6, 6.07) is 4.09. The fourth-order valence-electron chi connectivity index (χ4n) is 2.80. The molecule has 1 fully saturated rings. The maximum absolute atomic E-state index is 14.0. The number of halogens is 2. The molecule has 8 heteroatoms. The molecule has 0 atom stereocenters. The molecule has 2 aromatic rings. The first kappa shape index (κ1) is 18.4. The van der Waals surface area contributed by atoms with E-state index in [1.54, 1.807) is 17.3 Å². The van der Waals surface area contributed by atoms with Gasteiger partial charge in [0.25, 0.3) is 11.8 Å².